The van der Waals surface area contributed by atoms with Gasteiger partial charge in [0, 0.05) is 13.1 Å². The number of nitrogen functional groups attached to an aromatic ring is 1. The van der Waals surface area contributed by atoms with E-state index in [1.54, 1.807) is 24.0 Å². The van der Waals surface area contributed by atoms with Crippen molar-refractivity contribution in [2.75, 3.05) is 18.5 Å². The average molecular weight is 248 g/mol. The molecular formula is C11H16N6O. The van der Waals surface area contributed by atoms with Gasteiger partial charge in [-0.3, -0.25) is 4.79 Å². The topological polar surface area (TPSA) is 108 Å². The molecule has 1 aromatic heterocycles. The van der Waals surface area contributed by atoms with Crippen molar-refractivity contribution in [3.63, 3.8) is 0 Å². The summed E-state index contributed by atoms with van der Waals surface area (Å²) in [6.45, 7) is 4.52. The number of hydrogen-bond donors (Lipinski definition) is 2. The minimum Gasteiger partial charge on any atom is -0.336 e. The molecule has 0 spiro atoms. The summed E-state index contributed by atoms with van der Waals surface area (Å²) in [6, 6.07) is 5.21. The highest BCUT2D eigenvalue weighted by molar-refractivity contribution is 5.92. The molecule has 96 valence electrons. The quantitative estimate of drug-likeness (QED) is 0.576. The van der Waals surface area contributed by atoms with Crippen molar-refractivity contribution in [1.29, 1.82) is 5.26 Å². The van der Waals surface area contributed by atoms with Crippen LogP contribution in [0.5, 0.6) is 0 Å². The van der Waals surface area contributed by atoms with E-state index in [4.69, 9.17) is 11.1 Å². The van der Waals surface area contributed by atoms with E-state index >= 15 is 0 Å². The number of carbonyl (C=O) groups excluding carboxylic acids is 1. The molecule has 18 heavy (non-hydrogen) atoms. The first-order valence-corrected chi connectivity index (χ1v) is 5.61. The molecule has 0 aromatic carbocycles. The Morgan fingerprint density at radius 1 is 1.61 bits per heavy atom. The van der Waals surface area contributed by atoms with E-state index in [0.29, 0.717) is 18.9 Å². The van der Waals surface area contributed by atoms with Crippen molar-refractivity contribution in [3.8, 4) is 6.07 Å². The Morgan fingerprint density at radius 3 is 2.78 bits per heavy atom. The maximum atomic E-state index is 12.1. The SMILES string of the molecule is CCN(CC(C)C#N)C(=O)c1ccc(NN)nn1. The van der Waals surface area contributed by atoms with Gasteiger partial charge in [0.1, 0.15) is 0 Å². The van der Waals surface area contributed by atoms with Crippen LogP contribution in [0.15, 0.2) is 12.1 Å². The number of rotatable bonds is 5. The maximum Gasteiger partial charge on any atom is 0.274 e. The third-order valence-corrected chi connectivity index (χ3v) is 2.42. The molecule has 7 nitrogen and oxygen atoms in total. The third kappa shape index (κ3) is 3.40. The average Bonchev–Trinajstić information content (AvgIpc) is 2.43. The van der Waals surface area contributed by atoms with Gasteiger partial charge in [0.05, 0.1) is 12.0 Å². The van der Waals surface area contributed by atoms with Crippen LogP contribution in [-0.2, 0) is 0 Å². The van der Waals surface area contributed by atoms with Gasteiger partial charge in [-0.2, -0.15) is 5.26 Å². The molecule has 0 fully saturated rings. The molecule has 1 amide bonds. The summed E-state index contributed by atoms with van der Waals surface area (Å²) in [6.07, 6.45) is 0. The first kappa shape index (κ1) is 13.9. The van der Waals surface area contributed by atoms with E-state index in [0.717, 1.165) is 0 Å². The summed E-state index contributed by atoms with van der Waals surface area (Å²) in [5.41, 5.74) is 2.57. The van der Waals surface area contributed by atoms with Crippen LogP contribution < -0.4 is 11.3 Å². The zero-order valence-electron chi connectivity index (χ0n) is 10.4. The smallest absolute Gasteiger partial charge is 0.274 e. The molecule has 0 aliphatic rings. The lowest BCUT2D eigenvalue weighted by molar-refractivity contribution is 0.0745. The predicted octanol–water partition coefficient (Wildman–Crippen LogP) is 0.384. The highest BCUT2D eigenvalue weighted by Gasteiger charge is 2.18. The van der Waals surface area contributed by atoms with E-state index in [2.05, 4.69) is 21.7 Å². The number of carbonyl (C=O) groups is 1. The van der Waals surface area contributed by atoms with E-state index < -0.39 is 0 Å². The molecule has 1 rings (SSSR count). The van der Waals surface area contributed by atoms with Crippen LogP contribution in [-0.4, -0.2) is 34.1 Å². The molecule has 0 saturated carbocycles. The minimum atomic E-state index is -0.240. The Hall–Kier alpha value is -2.20. The monoisotopic (exact) mass is 248 g/mol. The molecule has 0 saturated heterocycles. The Morgan fingerprint density at radius 2 is 2.33 bits per heavy atom. The van der Waals surface area contributed by atoms with Crippen LogP contribution in [0.2, 0.25) is 0 Å². The lowest BCUT2D eigenvalue weighted by atomic mass is 10.2. The molecule has 1 unspecified atom stereocenters. The second-order valence-electron chi connectivity index (χ2n) is 3.82. The summed E-state index contributed by atoms with van der Waals surface area (Å²) in [7, 11) is 0. The summed E-state index contributed by atoms with van der Waals surface area (Å²) in [5, 5.41) is 16.3. The second-order valence-corrected chi connectivity index (χ2v) is 3.82. The van der Waals surface area contributed by atoms with Crippen LogP contribution in [0.3, 0.4) is 0 Å². The fourth-order valence-electron chi connectivity index (χ4n) is 1.41. The first-order chi connectivity index (χ1) is 8.62. The Balaban J connectivity index is 2.80. The van der Waals surface area contributed by atoms with Gasteiger partial charge in [0.15, 0.2) is 11.5 Å². The second kappa shape index (κ2) is 6.51. The van der Waals surface area contributed by atoms with Crippen molar-refractivity contribution >= 4 is 11.7 Å². The number of nitrogens with one attached hydrogen (secondary N) is 1. The highest BCUT2D eigenvalue weighted by Crippen LogP contribution is 2.06. The van der Waals surface area contributed by atoms with Crippen molar-refractivity contribution in [1.82, 2.24) is 15.1 Å². The molecule has 7 heteroatoms. The van der Waals surface area contributed by atoms with Crippen molar-refractivity contribution in [2.45, 2.75) is 13.8 Å². The Labute approximate surface area is 106 Å². The van der Waals surface area contributed by atoms with Gasteiger partial charge in [-0.25, -0.2) is 5.84 Å². The van der Waals surface area contributed by atoms with Gasteiger partial charge in [-0.05, 0) is 26.0 Å². The van der Waals surface area contributed by atoms with Crippen LogP contribution in [0.4, 0.5) is 5.82 Å². The maximum absolute atomic E-state index is 12.1. The number of hydrogen-bond acceptors (Lipinski definition) is 6. The highest BCUT2D eigenvalue weighted by atomic mass is 16.2. The largest absolute Gasteiger partial charge is 0.336 e. The van der Waals surface area contributed by atoms with Gasteiger partial charge >= 0.3 is 0 Å². The summed E-state index contributed by atoms with van der Waals surface area (Å²) < 4.78 is 0. The summed E-state index contributed by atoms with van der Waals surface area (Å²) in [5.74, 6) is 5.09. The van der Waals surface area contributed by atoms with E-state index in [9.17, 15) is 4.79 Å². The number of hydrazine groups is 1. The molecule has 0 aliphatic heterocycles. The van der Waals surface area contributed by atoms with Crippen molar-refractivity contribution < 1.29 is 4.79 Å². The molecule has 3 N–H and O–H groups in total. The Bertz CT molecular complexity index is 438. The van der Waals surface area contributed by atoms with Gasteiger partial charge in [0.2, 0.25) is 0 Å². The Kier molecular flexibility index (Phi) is 5.02. The van der Waals surface area contributed by atoms with Gasteiger partial charge in [-0.1, -0.05) is 0 Å². The van der Waals surface area contributed by atoms with E-state index in [1.807, 2.05) is 6.92 Å². The lowest BCUT2D eigenvalue weighted by Gasteiger charge is -2.21. The molecule has 1 atom stereocenters. The molecule has 0 bridgehead atoms. The summed E-state index contributed by atoms with van der Waals surface area (Å²) >= 11 is 0. The van der Waals surface area contributed by atoms with Crippen molar-refractivity contribution in [2.24, 2.45) is 11.8 Å². The molecule has 0 aliphatic carbocycles. The number of nitrogens with zero attached hydrogens (tertiary/aromatic N) is 4. The van der Waals surface area contributed by atoms with Crippen LogP contribution in [0, 0.1) is 17.2 Å². The number of nitrogens with two attached hydrogens (primary N) is 1. The fraction of sp³-hybridized carbons (Fsp3) is 0.455. The molecule has 1 heterocycles. The van der Waals surface area contributed by atoms with E-state index in [1.165, 1.54) is 0 Å². The standard InChI is InChI=1S/C11H16N6O/c1-3-17(7-8(2)6-12)11(18)9-4-5-10(14-13)16-15-9/h4-5,8H,3,7,13H2,1-2H3,(H,14,16). The van der Waals surface area contributed by atoms with E-state index in [-0.39, 0.29) is 17.5 Å². The zero-order valence-corrected chi connectivity index (χ0v) is 10.4. The third-order valence-electron chi connectivity index (χ3n) is 2.42. The minimum absolute atomic E-state index is 0.216. The molecular weight excluding hydrogens is 232 g/mol. The normalized spacial score (nSPS) is 11.4. The van der Waals surface area contributed by atoms with Crippen LogP contribution in [0.25, 0.3) is 0 Å². The number of anilines is 1. The number of nitriles is 1. The van der Waals surface area contributed by atoms with Crippen molar-refractivity contribution in [3.05, 3.63) is 17.8 Å². The summed E-state index contributed by atoms with van der Waals surface area (Å²) in [4.78, 5) is 13.7. The van der Waals surface area contributed by atoms with Gasteiger partial charge in [-0.15, -0.1) is 10.2 Å². The zero-order chi connectivity index (χ0) is 13.5. The van der Waals surface area contributed by atoms with Gasteiger partial charge < -0.3 is 10.3 Å². The molecule has 1 aromatic rings. The fourth-order valence-corrected chi connectivity index (χ4v) is 1.41. The van der Waals surface area contributed by atoms with Crippen LogP contribution >= 0.6 is 0 Å². The first-order valence-electron chi connectivity index (χ1n) is 5.61. The lowest BCUT2D eigenvalue weighted by Crippen LogP contribution is -2.35. The predicted molar refractivity (Wildman–Crippen MR) is 66.2 cm³/mol. The van der Waals surface area contributed by atoms with Crippen LogP contribution in [0.1, 0.15) is 24.3 Å². The number of amides is 1. The molecule has 0 radical (unpaired) electrons. The number of aromatic nitrogens is 2. The van der Waals surface area contributed by atoms with Gasteiger partial charge in [0.25, 0.3) is 5.91 Å².